The lowest BCUT2D eigenvalue weighted by Gasteiger charge is -2.17. The first-order valence-electron chi connectivity index (χ1n) is 19.6. The third-order valence-electron chi connectivity index (χ3n) is 10.2. The molecule has 1 amide bonds. The molecule has 0 heterocycles. The van der Waals surface area contributed by atoms with Gasteiger partial charge in [0, 0.05) is 55.1 Å². The van der Waals surface area contributed by atoms with Crippen molar-refractivity contribution in [3.05, 3.63) is 112 Å². The fraction of sp³-hybridized carbons (Fsp3) is 0.444. The van der Waals surface area contributed by atoms with Crippen LogP contribution in [-0.2, 0) is 16.3 Å². The molecule has 306 valence electrons. The molecule has 5 N–H and O–H groups in total. The van der Waals surface area contributed by atoms with Gasteiger partial charge in [-0.15, -0.1) is 0 Å². The van der Waals surface area contributed by atoms with Crippen molar-refractivity contribution < 1.29 is 23.4 Å². The van der Waals surface area contributed by atoms with Crippen LogP contribution in [0.3, 0.4) is 0 Å². The maximum Gasteiger partial charge on any atom is 0.252 e. The molecule has 4 aromatic carbocycles. The Balaban J connectivity index is 0.000000512. The maximum atomic E-state index is 13.3. The van der Waals surface area contributed by atoms with Gasteiger partial charge in [0.15, 0.2) is 9.84 Å². The fourth-order valence-corrected chi connectivity index (χ4v) is 8.51. The molecule has 5 rings (SSSR count). The summed E-state index contributed by atoms with van der Waals surface area (Å²) in [5.41, 5.74) is 6.27. The molecule has 9 nitrogen and oxygen atoms in total. The Kier molecular flexibility index (Phi) is 19.0. The third kappa shape index (κ3) is 12.6. The standard InChI is InChI=1S/C35H37ClN2O3S.2C5H13NO/c1-23(2)26-17-18-27-25(9-5-10-28(26)27)21-24-15-16-31(32(36)22-24)35(39)37-19-8-20-42(40,41)34-14-7-11-29-30(34)12-6-13-33(29)38(3)4;2*1-3-5(4-7)6-2/h5-7,9-18,22-23,26H,8,19-21H2,1-4H3,(H,37,39);2*5-7H,3-4H2,1-2H3. The second-order valence-electron chi connectivity index (χ2n) is 14.6. The number of nitrogens with zero attached hydrogens (tertiary/aromatic N) is 1. The molecule has 0 aromatic heterocycles. The summed E-state index contributed by atoms with van der Waals surface area (Å²) in [5.74, 6) is 0.596. The van der Waals surface area contributed by atoms with E-state index in [-0.39, 0.29) is 37.8 Å². The molecule has 1 aliphatic carbocycles. The molecular weight excluding hydrogens is 744 g/mol. The molecular formula is C45H63ClN4O5S. The van der Waals surface area contributed by atoms with E-state index >= 15 is 0 Å². The van der Waals surface area contributed by atoms with Gasteiger partial charge in [-0.2, -0.15) is 0 Å². The van der Waals surface area contributed by atoms with E-state index in [4.69, 9.17) is 21.8 Å². The molecule has 0 aliphatic heterocycles. The van der Waals surface area contributed by atoms with Crippen molar-refractivity contribution in [2.45, 2.75) is 76.3 Å². The highest BCUT2D eigenvalue weighted by molar-refractivity contribution is 7.91. The van der Waals surface area contributed by atoms with Crippen LogP contribution < -0.4 is 20.9 Å². The number of aliphatic hydroxyl groups excluding tert-OH is 2. The van der Waals surface area contributed by atoms with Gasteiger partial charge in [-0.1, -0.05) is 100.0 Å². The van der Waals surface area contributed by atoms with E-state index in [2.05, 4.69) is 60.1 Å². The van der Waals surface area contributed by atoms with Crippen LogP contribution in [0.25, 0.3) is 16.8 Å². The lowest BCUT2D eigenvalue weighted by molar-refractivity contribution is 0.0953. The van der Waals surface area contributed by atoms with Crippen molar-refractivity contribution in [1.82, 2.24) is 16.0 Å². The van der Waals surface area contributed by atoms with E-state index in [1.54, 1.807) is 18.2 Å². The van der Waals surface area contributed by atoms with Gasteiger partial charge < -0.3 is 31.1 Å². The van der Waals surface area contributed by atoms with Crippen LogP contribution in [0.15, 0.2) is 83.8 Å². The van der Waals surface area contributed by atoms with Crippen molar-refractivity contribution >= 4 is 49.9 Å². The molecule has 0 fully saturated rings. The van der Waals surface area contributed by atoms with Crippen LogP contribution in [0.2, 0.25) is 5.02 Å². The number of benzene rings is 4. The summed E-state index contributed by atoms with van der Waals surface area (Å²) in [6, 6.07) is 23.6. The molecule has 0 saturated carbocycles. The van der Waals surface area contributed by atoms with Gasteiger partial charge in [0.2, 0.25) is 0 Å². The number of carbonyl (C=O) groups excluding carboxylic acids is 1. The number of hydrogen-bond acceptors (Lipinski definition) is 8. The molecule has 0 spiro atoms. The van der Waals surface area contributed by atoms with Crippen LogP contribution in [-0.4, -0.2) is 90.3 Å². The van der Waals surface area contributed by atoms with E-state index in [9.17, 15) is 13.2 Å². The number of allylic oxidation sites excluding steroid dienone is 1. The summed E-state index contributed by atoms with van der Waals surface area (Å²) in [6.07, 6.45) is 7.51. The summed E-state index contributed by atoms with van der Waals surface area (Å²) >= 11 is 6.55. The van der Waals surface area contributed by atoms with Gasteiger partial charge in [-0.05, 0) is 92.2 Å². The third-order valence-corrected chi connectivity index (χ3v) is 12.4. The molecule has 0 saturated heterocycles. The highest BCUT2D eigenvalue weighted by Crippen LogP contribution is 2.38. The number of sulfone groups is 1. The molecule has 56 heavy (non-hydrogen) atoms. The number of hydrogen-bond donors (Lipinski definition) is 5. The van der Waals surface area contributed by atoms with Crippen LogP contribution >= 0.6 is 11.6 Å². The molecule has 3 atom stereocenters. The minimum atomic E-state index is -3.55. The summed E-state index contributed by atoms with van der Waals surface area (Å²) in [7, 11) is 4.03. The smallest absolute Gasteiger partial charge is 0.252 e. The number of carbonyl (C=O) groups is 1. The number of fused-ring (bicyclic) bond motifs is 2. The second-order valence-corrected chi connectivity index (χ2v) is 17.1. The molecule has 0 bridgehead atoms. The molecule has 0 radical (unpaired) electrons. The van der Waals surface area contributed by atoms with Crippen molar-refractivity contribution in [1.29, 1.82) is 0 Å². The van der Waals surface area contributed by atoms with E-state index in [1.165, 1.54) is 16.7 Å². The van der Waals surface area contributed by atoms with Crippen molar-refractivity contribution in [3.63, 3.8) is 0 Å². The fourth-order valence-electron chi connectivity index (χ4n) is 6.68. The summed E-state index contributed by atoms with van der Waals surface area (Å²) in [5, 5.41) is 27.6. The summed E-state index contributed by atoms with van der Waals surface area (Å²) in [6.45, 7) is 9.27. The monoisotopic (exact) mass is 806 g/mol. The average molecular weight is 808 g/mol. The lowest BCUT2D eigenvalue weighted by Crippen LogP contribution is -2.27. The number of aliphatic hydroxyl groups is 2. The minimum absolute atomic E-state index is 0.0707. The number of amides is 1. The van der Waals surface area contributed by atoms with Gasteiger partial charge in [0.05, 0.1) is 34.4 Å². The van der Waals surface area contributed by atoms with Gasteiger partial charge in [0.1, 0.15) is 0 Å². The Hall–Kier alpha value is -3.77. The van der Waals surface area contributed by atoms with Crippen molar-refractivity contribution in [3.8, 4) is 0 Å². The number of halogens is 1. The Bertz CT molecular complexity index is 1970. The van der Waals surface area contributed by atoms with E-state index in [0.717, 1.165) is 35.9 Å². The van der Waals surface area contributed by atoms with Crippen LogP contribution in [0, 0.1) is 5.92 Å². The normalized spacial score (nSPS) is 14.3. The lowest BCUT2D eigenvalue weighted by atomic mass is 9.88. The quantitative estimate of drug-likeness (QED) is 0.0739. The van der Waals surface area contributed by atoms with Gasteiger partial charge >= 0.3 is 0 Å². The van der Waals surface area contributed by atoms with E-state index in [0.29, 0.717) is 44.8 Å². The number of likely N-dealkylation sites (N-methyl/N-ethyl adjacent to an activating group) is 2. The Morgan fingerprint density at radius 2 is 1.50 bits per heavy atom. The first-order valence-corrected chi connectivity index (χ1v) is 21.6. The SMILES string of the molecule is CC(C)C1C=Cc2c(Cc3ccc(C(=O)NCCCS(=O)(=O)c4cccc5c(N(C)C)cccc45)c(Cl)c3)cccc21.CCC(CO)NC.CCC(CO)NC. The number of nitrogens with one attached hydrogen (secondary N) is 3. The summed E-state index contributed by atoms with van der Waals surface area (Å²) in [4.78, 5) is 15.2. The molecule has 3 unspecified atom stereocenters. The largest absolute Gasteiger partial charge is 0.395 e. The van der Waals surface area contributed by atoms with Gasteiger partial charge in [-0.25, -0.2) is 8.42 Å². The predicted octanol–water partition coefficient (Wildman–Crippen LogP) is 7.46. The first-order chi connectivity index (χ1) is 26.8. The topological polar surface area (TPSA) is 131 Å². The number of anilines is 1. The maximum absolute atomic E-state index is 13.3. The molecule has 11 heteroatoms. The first kappa shape index (κ1) is 46.6. The Morgan fingerprint density at radius 1 is 0.875 bits per heavy atom. The van der Waals surface area contributed by atoms with Gasteiger partial charge in [0.25, 0.3) is 5.91 Å². The highest BCUT2D eigenvalue weighted by Gasteiger charge is 2.23. The van der Waals surface area contributed by atoms with Crippen molar-refractivity contribution in [2.75, 3.05) is 58.6 Å². The zero-order valence-corrected chi connectivity index (χ0v) is 36.0. The van der Waals surface area contributed by atoms with Crippen LogP contribution in [0.4, 0.5) is 5.69 Å². The molecule has 4 aromatic rings. The van der Waals surface area contributed by atoms with E-state index in [1.807, 2.05) is 83.3 Å². The predicted molar refractivity (Wildman–Crippen MR) is 235 cm³/mol. The zero-order valence-electron chi connectivity index (χ0n) is 34.4. The zero-order chi connectivity index (χ0) is 41.4. The number of rotatable bonds is 16. The van der Waals surface area contributed by atoms with Gasteiger partial charge in [-0.3, -0.25) is 4.79 Å². The van der Waals surface area contributed by atoms with Crippen molar-refractivity contribution in [2.24, 2.45) is 5.92 Å². The van der Waals surface area contributed by atoms with E-state index < -0.39 is 9.84 Å². The minimum Gasteiger partial charge on any atom is -0.395 e. The average Bonchev–Trinajstić information content (AvgIpc) is 3.64. The Morgan fingerprint density at radius 3 is 2.05 bits per heavy atom. The highest BCUT2D eigenvalue weighted by atomic mass is 35.5. The Labute approximate surface area is 340 Å². The molecule has 1 aliphatic rings. The summed E-state index contributed by atoms with van der Waals surface area (Å²) < 4.78 is 26.5. The second kappa shape index (κ2) is 22.8. The van der Waals surface area contributed by atoms with Crippen LogP contribution in [0.1, 0.15) is 85.5 Å². The van der Waals surface area contributed by atoms with Crippen LogP contribution in [0.5, 0.6) is 0 Å².